The molecule has 0 radical (unpaired) electrons. The highest BCUT2D eigenvalue weighted by Gasteiger charge is 2.51. The minimum atomic E-state index is -6.15. The van der Waals surface area contributed by atoms with Crippen molar-refractivity contribution >= 4 is 5.57 Å². The molecule has 2 atom stereocenters. The highest BCUT2D eigenvalue weighted by molar-refractivity contribution is 5.95. The molecule has 0 fully saturated rings. The van der Waals surface area contributed by atoms with Crippen LogP contribution in [0.4, 0.5) is 74.6 Å². The fraction of sp³-hybridized carbons (Fsp3) is 0.148. The van der Waals surface area contributed by atoms with Crippen LogP contribution in [-0.2, 0) is 12.4 Å². The smallest absolute Gasteiger partial charge is 0.203 e. The molecule has 1 aliphatic rings. The summed E-state index contributed by atoms with van der Waals surface area (Å²) < 4.78 is 239. The maximum Gasteiger partial charge on any atom is 0.422 e. The summed E-state index contributed by atoms with van der Waals surface area (Å²) in [4.78, 5) is 5.03. The number of aromatic nitrogens is 2. The van der Waals surface area contributed by atoms with E-state index in [4.69, 9.17) is 0 Å². The monoisotopic (exact) mass is 719 g/mol. The summed E-state index contributed by atoms with van der Waals surface area (Å²) >= 11 is 0. The largest absolute Gasteiger partial charge is 0.422 e. The first-order chi connectivity index (χ1) is 22.6. The molecule has 4 rings (SSSR count). The van der Waals surface area contributed by atoms with Crippen molar-refractivity contribution in [2.24, 2.45) is 0 Å². The van der Waals surface area contributed by atoms with Gasteiger partial charge in [0.2, 0.25) is 5.82 Å². The van der Waals surface area contributed by atoms with E-state index in [1.54, 1.807) is 0 Å². The number of alkyl halides is 6. The molecule has 0 aliphatic heterocycles. The third-order valence-electron chi connectivity index (χ3n) is 6.71. The molecule has 0 saturated heterocycles. The minimum absolute atomic E-state index is 0.779. The van der Waals surface area contributed by atoms with E-state index in [2.05, 4.69) is 9.97 Å². The highest BCUT2D eigenvalue weighted by Crippen LogP contribution is 2.58. The van der Waals surface area contributed by atoms with E-state index in [0.29, 0.717) is 0 Å². The lowest BCUT2D eigenvalue weighted by Gasteiger charge is -2.16. The molecular weight excluding hydrogens is 717 g/mol. The van der Waals surface area contributed by atoms with Crippen molar-refractivity contribution in [2.45, 2.75) is 24.2 Å². The summed E-state index contributed by atoms with van der Waals surface area (Å²) in [5.74, 6) is -35.6. The molecule has 0 bridgehead atoms. The second kappa shape index (κ2) is 12.1. The number of hydrogen-bond donors (Lipinski definition) is 0. The van der Waals surface area contributed by atoms with Crippen molar-refractivity contribution < 1.29 is 74.6 Å². The fourth-order valence-electron chi connectivity index (χ4n) is 4.71. The first kappa shape index (κ1) is 36.1. The van der Waals surface area contributed by atoms with Crippen molar-refractivity contribution in [3.8, 4) is 18.2 Å². The third kappa shape index (κ3) is 5.64. The van der Waals surface area contributed by atoms with E-state index in [-0.39, 0.29) is 0 Å². The molecule has 1 aromatic heterocycles. The Bertz CT molecular complexity index is 2100. The van der Waals surface area contributed by atoms with Crippen LogP contribution in [-0.4, -0.2) is 9.97 Å². The number of allylic oxidation sites excluding steroid dienone is 4. The topological polar surface area (TPSA) is 97.2 Å². The number of hydrogen-bond acceptors (Lipinski definition) is 5. The van der Waals surface area contributed by atoms with Crippen LogP contribution in [0.15, 0.2) is 16.7 Å². The summed E-state index contributed by atoms with van der Waals surface area (Å²) in [6.07, 6.45) is -14.5. The van der Waals surface area contributed by atoms with Gasteiger partial charge < -0.3 is 0 Å². The van der Waals surface area contributed by atoms with Crippen LogP contribution >= 0.6 is 0 Å². The lowest BCUT2D eigenvalue weighted by molar-refractivity contribution is -0.144. The van der Waals surface area contributed by atoms with Gasteiger partial charge in [-0.25, -0.2) is 40.1 Å². The first-order valence-electron chi connectivity index (χ1n) is 12.0. The molecule has 49 heavy (non-hydrogen) atoms. The number of halogens is 17. The van der Waals surface area contributed by atoms with Gasteiger partial charge in [0.05, 0.1) is 28.8 Å². The van der Waals surface area contributed by atoms with Crippen molar-refractivity contribution in [1.29, 1.82) is 15.8 Å². The van der Waals surface area contributed by atoms with Crippen LogP contribution in [0, 0.1) is 98.4 Å². The van der Waals surface area contributed by atoms with Gasteiger partial charge in [0.15, 0.2) is 46.5 Å². The predicted molar refractivity (Wildman–Crippen MR) is 121 cm³/mol. The fourth-order valence-corrected chi connectivity index (χ4v) is 4.71. The van der Waals surface area contributed by atoms with Gasteiger partial charge >= 0.3 is 18.4 Å². The van der Waals surface area contributed by atoms with Crippen molar-refractivity contribution in [1.82, 2.24) is 9.97 Å². The molecule has 1 aliphatic carbocycles. The van der Waals surface area contributed by atoms with Crippen LogP contribution in [0.5, 0.6) is 0 Å². The quantitative estimate of drug-likeness (QED) is 0.0871. The molecule has 0 N–H and O–H groups in total. The molecule has 254 valence electrons. The normalized spacial score (nSPS) is 15.4. The van der Waals surface area contributed by atoms with Gasteiger partial charge in [-0.2, -0.15) is 60.3 Å². The Hall–Kier alpha value is -5.72. The summed E-state index contributed by atoms with van der Waals surface area (Å²) in [7, 11) is 0. The molecule has 3 aromatic rings. The Morgan fingerprint density at radius 2 is 0.939 bits per heavy atom. The van der Waals surface area contributed by atoms with Gasteiger partial charge in [0, 0.05) is 5.57 Å². The molecule has 1 heterocycles. The van der Waals surface area contributed by atoms with Gasteiger partial charge in [-0.05, 0) is 11.1 Å². The molecule has 0 spiro atoms. The van der Waals surface area contributed by atoms with Gasteiger partial charge in [-0.3, -0.25) is 0 Å². The minimum Gasteiger partial charge on any atom is -0.203 e. The van der Waals surface area contributed by atoms with E-state index < -0.39 is 139 Å². The molecule has 2 unspecified atom stereocenters. The van der Waals surface area contributed by atoms with E-state index in [0.717, 1.165) is 18.2 Å². The lowest BCUT2D eigenvalue weighted by atomic mass is 9.92. The second-order valence-corrected chi connectivity index (χ2v) is 9.34. The Morgan fingerprint density at radius 3 is 1.33 bits per heavy atom. The van der Waals surface area contributed by atoms with Gasteiger partial charge in [-0.1, -0.05) is 0 Å². The van der Waals surface area contributed by atoms with Gasteiger partial charge in [-0.15, -0.1) is 0 Å². The Labute approximate surface area is 258 Å². The van der Waals surface area contributed by atoms with Gasteiger partial charge in [0.1, 0.15) is 34.7 Å². The first-order valence-corrected chi connectivity index (χ1v) is 12.0. The summed E-state index contributed by atoms with van der Waals surface area (Å²) in [6.45, 7) is 0. The van der Waals surface area contributed by atoms with Crippen LogP contribution in [0.25, 0.3) is 5.57 Å². The third-order valence-corrected chi connectivity index (χ3v) is 6.71. The number of rotatable bonds is 5. The van der Waals surface area contributed by atoms with Gasteiger partial charge in [0.25, 0.3) is 5.95 Å². The zero-order chi connectivity index (χ0) is 37.2. The van der Waals surface area contributed by atoms with Crippen molar-refractivity contribution in [2.75, 3.05) is 0 Å². The molecule has 22 heteroatoms. The molecule has 5 nitrogen and oxygen atoms in total. The maximum atomic E-state index is 15.0. The summed E-state index contributed by atoms with van der Waals surface area (Å²) in [5, 5.41) is 29.1. The highest BCUT2D eigenvalue weighted by atomic mass is 19.4. The average Bonchev–Trinajstić information content (AvgIpc) is 3.70. The molecule has 0 saturated carbocycles. The van der Waals surface area contributed by atoms with Crippen LogP contribution in [0.1, 0.15) is 39.8 Å². The van der Waals surface area contributed by atoms with Crippen LogP contribution in [0.2, 0.25) is 0 Å². The van der Waals surface area contributed by atoms with Crippen molar-refractivity contribution in [3.63, 3.8) is 0 Å². The van der Waals surface area contributed by atoms with E-state index in [9.17, 15) is 90.4 Å². The zero-order valence-electron chi connectivity index (χ0n) is 22.3. The Morgan fingerprint density at radius 1 is 0.531 bits per heavy atom. The zero-order valence-corrected chi connectivity index (χ0v) is 22.3. The second-order valence-electron chi connectivity index (χ2n) is 9.34. The summed E-state index contributed by atoms with van der Waals surface area (Å²) in [6, 6.07) is 2.64. The SMILES string of the molecule is N#CC(=C1C(C(C#N)c2nc(F)nc(F)c2F)=C1C(C#N)c1c(F)c(F)c(C(F)(F)F)c(F)c1F)c1c(F)c(F)c(C(F)(F)F)c(F)c1F. The molecule has 2 aromatic carbocycles. The average molecular weight is 719 g/mol. The van der Waals surface area contributed by atoms with E-state index in [1.807, 2.05) is 0 Å². The standard InChI is InChI=1S/C27H2F17N5/c28-14-10(15(29)19(33)12(18(14)32)26(39,40)41)4(1-45)7-8(9(7)6(3-47)23-22(36)24(37)49-25(38)48-23)5(2-46)11-16(30)20(34)13(27(42,43)44)21(35)17(11)31/h4,6H. The number of nitrogens with zero attached hydrogens (tertiary/aromatic N) is 5. The number of benzene rings is 2. The van der Waals surface area contributed by atoms with Crippen molar-refractivity contribution in [3.05, 3.63) is 109 Å². The Kier molecular flexibility index (Phi) is 8.89. The van der Waals surface area contributed by atoms with E-state index in [1.165, 1.54) is 0 Å². The molecule has 0 amide bonds. The molecular formula is C27H2F17N5. The maximum absolute atomic E-state index is 15.0. The lowest BCUT2D eigenvalue weighted by Crippen LogP contribution is -2.18. The predicted octanol–water partition coefficient (Wildman–Crippen LogP) is 8.25. The van der Waals surface area contributed by atoms with Crippen LogP contribution in [0.3, 0.4) is 0 Å². The van der Waals surface area contributed by atoms with Crippen LogP contribution < -0.4 is 0 Å². The number of nitriles is 3. The summed E-state index contributed by atoms with van der Waals surface area (Å²) in [5.41, 5.74) is -19.4. The Balaban J connectivity index is 2.18. The van der Waals surface area contributed by atoms with E-state index >= 15 is 0 Å².